The summed E-state index contributed by atoms with van der Waals surface area (Å²) in [5, 5.41) is 2.59. The number of nitrogens with one attached hydrogen (secondary N) is 1. The number of anilines is 1. The molecule has 0 aliphatic carbocycles. The molecule has 0 saturated heterocycles. The summed E-state index contributed by atoms with van der Waals surface area (Å²) >= 11 is 3.19. The lowest BCUT2D eigenvalue weighted by Crippen LogP contribution is -2.13. The summed E-state index contributed by atoms with van der Waals surface area (Å²) in [4.78, 5) is 15.9. The predicted molar refractivity (Wildman–Crippen MR) is 71.0 cm³/mol. The number of hydrogen-bond donors (Lipinski definition) is 1. The first-order chi connectivity index (χ1) is 8.56. The second-order valence-corrected chi connectivity index (χ2v) is 4.58. The Morgan fingerprint density at radius 1 is 1.33 bits per heavy atom. The summed E-state index contributed by atoms with van der Waals surface area (Å²) < 4.78 is 13.9. The van der Waals surface area contributed by atoms with Gasteiger partial charge in [-0.15, -0.1) is 0 Å². The molecule has 0 saturated carbocycles. The molecule has 1 amide bonds. The van der Waals surface area contributed by atoms with Crippen molar-refractivity contribution in [3.63, 3.8) is 0 Å². The molecule has 0 spiro atoms. The van der Waals surface area contributed by atoms with Gasteiger partial charge in [0, 0.05) is 5.69 Å². The van der Waals surface area contributed by atoms with E-state index in [1.807, 2.05) is 0 Å². The van der Waals surface area contributed by atoms with Crippen LogP contribution in [0, 0.1) is 12.7 Å². The van der Waals surface area contributed by atoms with E-state index in [2.05, 4.69) is 26.2 Å². The number of pyridine rings is 1. The van der Waals surface area contributed by atoms with Gasteiger partial charge in [-0.25, -0.2) is 9.37 Å². The molecule has 1 N–H and O–H groups in total. The van der Waals surface area contributed by atoms with Gasteiger partial charge in [0.1, 0.15) is 16.1 Å². The Kier molecular flexibility index (Phi) is 3.72. The molecule has 0 fully saturated rings. The molecular weight excluding hydrogens is 299 g/mol. The van der Waals surface area contributed by atoms with Crippen LogP contribution < -0.4 is 5.32 Å². The van der Waals surface area contributed by atoms with E-state index in [-0.39, 0.29) is 17.4 Å². The number of rotatable bonds is 2. The monoisotopic (exact) mass is 308 g/mol. The maximum Gasteiger partial charge on any atom is 0.274 e. The molecule has 1 aromatic heterocycles. The Hall–Kier alpha value is -1.75. The van der Waals surface area contributed by atoms with Gasteiger partial charge < -0.3 is 5.32 Å². The second kappa shape index (κ2) is 5.27. The van der Waals surface area contributed by atoms with Crippen LogP contribution in [-0.2, 0) is 0 Å². The van der Waals surface area contributed by atoms with E-state index in [0.29, 0.717) is 15.9 Å². The average Bonchev–Trinajstić information content (AvgIpc) is 2.34. The Labute approximate surface area is 112 Å². The molecule has 0 radical (unpaired) electrons. The smallest absolute Gasteiger partial charge is 0.274 e. The van der Waals surface area contributed by atoms with Crippen molar-refractivity contribution in [2.75, 3.05) is 5.32 Å². The van der Waals surface area contributed by atoms with Crippen LogP contribution in [0.5, 0.6) is 0 Å². The van der Waals surface area contributed by atoms with Crippen LogP contribution >= 0.6 is 15.9 Å². The molecule has 0 atom stereocenters. The average molecular weight is 309 g/mol. The number of aromatic nitrogens is 1. The zero-order valence-corrected chi connectivity index (χ0v) is 11.2. The van der Waals surface area contributed by atoms with E-state index in [9.17, 15) is 9.18 Å². The minimum Gasteiger partial charge on any atom is -0.321 e. The molecule has 0 aliphatic rings. The summed E-state index contributed by atoms with van der Waals surface area (Å²) in [6.07, 6.45) is 0. The van der Waals surface area contributed by atoms with Crippen molar-refractivity contribution in [1.82, 2.24) is 4.98 Å². The zero-order valence-electron chi connectivity index (χ0n) is 9.58. The van der Waals surface area contributed by atoms with Crippen LogP contribution in [0.1, 0.15) is 16.1 Å². The quantitative estimate of drug-likeness (QED) is 0.862. The fourth-order valence-corrected chi connectivity index (χ4v) is 1.74. The molecule has 2 aromatic rings. The largest absolute Gasteiger partial charge is 0.321 e. The van der Waals surface area contributed by atoms with Crippen molar-refractivity contribution < 1.29 is 9.18 Å². The minimum atomic E-state index is -0.375. The molecule has 18 heavy (non-hydrogen) atoms. The van der Waals surface area contributed by atoms with Gasteiger partial charge in [0.2, 0.25) is 0 Å². The van der Waals surface area contributed by atoms with E-state index in [1.54, 1.807) is 37.3 Å². The van der Waals surface area contributed by atoms with Crippen molar-refractivity contribution >= 4 is 27.5 Å². The van der Waals surface area contributed by atoms with Crippen molar-refractivity contribution in [3.8, 4) is 0 Å². The first-order valence-electron chi connectivity index (χ1n) is 5.26. The Balaban J connectivity index is 2.18. The van der Waals surface area contributed by atoms with Crippen LogP contribution in [0.25, 0.3) is 0 Å². The minimum absolute atomic E-state index is 0.269. The van der Waals surface area contributed by atoms with Crippen LogP contribution in [0.15, 0.2) is 41.0 Å². The van der Waals surface area contributed by atoms with Gasteiger partial charge in [-0.2, -0.15) is 0 Å². The molecule has 1 heterocycles. The Bertz CT molecular complexity index is 601. The summed E-state index contributed by atoms with van der Waals surface area (Å²) in [6, 6.07) is 9.56. The highest BCUT2D eigenvalue weighted by atomic mass is 79.9. The lowest BCUT2D eigenvalue weighted by molar-refractivity contribution is 0.102. The highest BCUT2D eigenvalue weighted by Crippen LogP contribution is 2.15. The van der Waals surface area contributed by atoms with Gasteiger partial charge in [-0.05, 0) is 52.7 Å². The van der Waals surface area contributed by atoms with Gasteiger partial charge >= 0.3 is 0 Å². The van der Waals surface area contributed by atoms with E-state index >= 15 is 0 Å². The van der Waals surface area contributed by atoms with Crippen molar-refractivity contribution in [3.05, 3.63) is 58.1 Å². The number of nitrogens with zero attached hydrogens (tertiary/aromatic N) is 1. The van der Waals surface area contributed by atoms with E-state index in [4.69, 9.17) is 0 Å². The number of carbonyl (C=O) groups is 1. The van der Waals surface area contributed by atoms with Crippen LogP contribution in [0.3, 0.4) is 0 Å². The van der Waals surface area contributed by atoms with Crippen LogP contribution in [0.4, 0.5) is 10.1 Å². The number of halogens is 2. The van der Waals surface area contributed by atoms with Gasteiger partial charge in [-0.3, -0.25) is 4.79 Å². The van der Waals surface area contributed by atoms with E-state index in [1.165, 1.54) is 6.07 Å². The zero-order chi connectivity index (χ0) is 13.1. The van der Waals surface area contributed by atoms with Gasteiger partial charge in [0.05, 0.1) is 0 Å². The normalized spacial score (nSPS) is 10.2. The number of hydrogen-bond acceptors (Lipinski definition) is 2. The molecular formula is C13H10BrFN2O. The fraction of sp³-hybridized carbons (Fsp3) is 0.0769. The van der Waals surface area contributed by atoms with Crippen LogP contribution in [-0.4, -0.2) is 10.9 Å². The standard InChI is InChI=1S/C13H10BrFN2O/c1-8-5-6-9(7-10(8)15)16-13(18)11-3-2-4-12(14)17-11/h2-7H,1H3,(H,16,18). The Morgan fingerprint density at radius 2 is 2.11 bits per heavy atom. The number of benzene rings is 1. The summed E-state index contributed by atoms with van der Waals surface area (Å²) in [7, 11) is 0. The van der Waals surface area contributed by atoms with E-state index < -0.39 is 0 Å². The highest BCUT2D eigenvalue weighted by molar-refractivity contribution is 9.10. The van der Waals surface area contributed by atoms with Gasteiger partial charge in [0.25, 0.3) is 5.91 Å². The first-order valence-corrected chi connectivity index (χ1v) is 6.05. The fourth-order valence-electron chi connectivity index (χ4n) is 1.40. The molecule has 3 nitrogen and oxygen atoms in total. The van der Waals surface area contributed by atoms with Gasteiger partial charge in [0.15, 0.2) is 0 Å². The molecule has 0 bridgehead atoms. The summed E-state index contributed by atoms with van der Waals surface area (Å²) in [5.41, 5.74) is 1.21. The SMILES string of the molecule is Cc1ccc(NC(=O)c2cccc(Br)n2)cc1F. The lowest BCUT2D eigenvalue weighted by atomic mass is 10.2. The van der Waals surface area contributed by atoms with Crippen molar-refractivity contribution in [2.24, 2.45) is 0 Å². The van der Waals surface area contributed by atoms with Crippen LogP contribution in [0.2, 0.25) is 0 Å². The molecule has 2 rings (SSSR count). The summed E-state index contributed by atoms with van der Waals surface area (Å²) in [6.45, 7) is 1.66. The molecule has 0 aliphatic heterocycles. The second-order valence-electron chi connectivity index (χ2n) is 3.76. The van der Waals surface area contributed by atoms with Crippen molar-refractivity contribution in [2.45, 2.75) is 6.92 Å². The number of aryl methyl sites for hydroxylation is 1. The third-order valence-electron chi connectivity index (χ3n) is 2.38. The maximum atomic E-state index is 13.3. The maximum absolute atomic E-state index is 13.3. The summed E-state index contributed by atoms with van der Waals surface area (Å²) in [5.74, 6) is -0.727. The lowest BCUT2D eigenvalue weighted by Gasteiger charge is -2.06. The van der Waals surface area contributed by atoms with Gasteiger partial charge in [-0.1, -0.05) is 12.1 Å². The topological polar surface area (TPSA) is 42.0 Å². The third kappa shape index (κ3) is 2.92. The molecule has 0 unspecified atom stereocenters. The third-order valence-corrected chi connectivity index (χ3v) is 2.82. The number of amides is 1. The Morgan fingerprint density at radius 3 is 2.78 bits per heavy atom. The van der Waals surface area contributed by atoms with E-state index in [0.717, 1.165) is 0 Å². The first kappa shape index (κ1) is 12.7. The molecule has 5 heteroatoms. The highest BCUT2D eigenvalue weighted by Gasteiger charge is 2.08. The molecule has 1 aromatic carbocycles. The van der Waals surface area contributed by atoms with Crippen molar-refractivity contribution in [1.29, 1.82) is 0 Å². The number of carbonyl (C=O) groups excluding carboxylic acids is 1. The predicted octanol–water partition coefficient (Wildman–Crippen LogP) is 3.54. The molecule has 92 valence electrons.